The van der Waals surface area contributed by atoms with Crippen LogP contribution in [0.2, 0.25) is 0 Å². The van der Waals surface area contributed by atoms with E-state index in [9.17, 15) is 26.7 Å². The third kappa shape index (κ3) is 3.39. The molecule has 4 atom stereocenters. The fraction of sp³-hybridized carbons (Fsp3) is 0.381. The van der Waals surface area contributed by atoms with Gasteiger partial charge in [-0.2, -0.15) is 17.6 Å². The molecule has 1 fully saturated rings. The van der Waals surface area contributed by atoms with Crippen molar-refractivity contribution in [2.24, 2.45) is 11.7 Å². The monoisotopic (exact) mass is 470 g/mol. The highest BCUT2D eigenvalue weighted by Gasteiger charge is 2.65. The zero-order valence-corrected chi connectivity index (χ0v) is 17.6. The van der Waals surface area contributed by atoms with Gasteiger partial charge in [-0.15, -0.1) is 0 Å². The highest BCUT2D eigenvalue weighted by atomic mass is 19.4. The number of H-pyrrole nitrogens is 1. The Balaban J connectivity index is 1.94. The van der Waals surface area contributed by atoms with Crippen molar-refractivity contribution in [3.8, 4) is 5.75 Å². The summed E-state index contributed by atoms with van der Waals surface area (Å²) in [6.07, 6.45) is -3.66. The summed E-state index contributed by atoms with van der Waals surface area (Å²) in [5.41, 5.74) is 2.98. The molecule has 1 aliphatic heterocycles. The van der Waals surface area contributed by atoms with Crippen molar-refractivity contribution in [1.82, 2.24) is 15.0 Å². The molecule has 0 aliphatic carbocycles. The van der Waals surface area contributed by atoms with Crippen LogP contribution in [0.5, 0.6) is 5.75 Å². The third-order valence-electron chi connectivity index (χ3n) is 6.26. The zero-order chi connectivity index (χ0) is 24.3. The molecule has 7 nitrogen and oxygen atoms in total. The van der Waals surface area contributed by atoms with E-state index in [0.717, 1.165) is 26.2 Å². The Labute approximate surface area is 184 Å². The lowest BCUT2D eigenvalue weighted by atomic mass is 9.77. The molecule has 0 radical (unpaired) electrons. The van der Waals surface area contributed by atoms with Gasteiger partial charge in [-0.3, -0.25) is 9.78 Å². The second-order valence-electron chi connectivity index (χ2n) is 8.01. The number of hydrogen-bond donors (Lipinski definition) is 2. The van der Waals surface area contributed by atoms with E-state index in [2.05, 4.69) is 15.0 Å². The van der Waals surface area contributed by atoms with Gasteiger partial charge in [-0.25, -0.2) is 9.37 Å². The molecule has 176 valence electrons. The van der Waals surface area contributed by atoms with Gasteiger partial charge in [-0.1, -0.05) is 13.0 Å². The zero-order valence-electron chi connectivity index (χ0n) is 17.6. The maximum Gasteiger partial charge on any atom is 0.417 e. The average Bonchev–Trinajstić information content (AvgIpc) is 3.29. The van der Waals surface area contributed by atoms with Crippen LogP contribution in [0.25, 0.3) is 11.0 Å². The largest absolute Gasteiger partial charge is 0.493 e. The minimum absolute atomic E-state index is 0.0180. The standard InChI is InChI=1S/C21H19F5N4O3/c1-8-13(9-4-5-11(22)14(23)16(9)32-3)17(33-20(8,2)21(24,25)26)19-29-12-7-28-6-10(18(27)31)15(12)30-19/h4-8,13,17H,1-3H3,(H2,27,31)(H,29,30)/t8-,13-,17+,20+/m0/s1. The van der Waals surface area contributed by atoms with Gasteiger partial charge in [-0.05, 0) is 13.0 Å². The maximum atomic E-state index is 14.5. The first-order valence-electron chi connectivity index (χ1n) is 9.80. The Hall–Kier alpha value is -3.28. The Morgan fingerprint density at radius 2 is 1.97 bits per heavy atom. The van der Waals surface area contributed by atoms with Crippen molar-refractivity contribution in [1.29, 1.82) is 0 Å². The molecule has 1 saturated heterocycles. The van der Waals surface area contributed by atoms with Crippen LogP contribution in [0, 0.1) is 17.6 Å². The van der Waals surface area contributed by atoms with Gasteiger partial charge in [0.25, 0.3) is 5.91 Å². The average molecular weight is 470 g/mol. The number of primary amides is 1. The van der Waals surface area contributed by atoms with Crippen LogP contribution in [0.15, 0.2) is 24.5 Å². The number of nitrogens with one attached hydrogen (secondary N) is 1. The molecule has 4 rings (SSSR count). The van der Waals surface area contributed by atoms with Gasteiger partial charge >= 0.3 is 6.18 Å². The second kappa shape index (κ2) is 7.65. The number of nitrogens with zero attached hydrogens (tertiary/aromatic N) is 2. The molecular formula is C21H19F5N4O3. The molecule has 1 aliphatic rings. The smallest absolute Gasteiger partial charge is 0.417 e. The number of carbonyl (C=O) groups is 1. The Bertz CT molecular complexity index is 1240. The quantitative estimate of drug-likeness (QED) is 0.558. The molecule has 1 amide bonds. The molecule has 12 heteroatoms. The van der Waals surface area contributed by atoms with Crippen molar-refractivity contribution < 1.29 is 36.2 Å². The fourth-order valence-electron chi connectivity index (χ4n) is 4.32. The number of aromatic nitrogens is 3. The molecule has 1 aromatic carbocycles. The number of carbonyl (C=O) groups excluding carboxylic acids is 1. The van der Waals surface area contributed by atoms with Gasteiger partial charge in [0.15, 0.2) is 17.2 Å². The van der Waals surface area contributed by atoms with Crippen LogP contribution in [-0.4, -0.2) is 39.7 Å². The number of rotatable bonds is 4. The molecular weight excluding hydrogens is 451 g/mol. The molecule has 3 aromatic rings. The number of amides is 1. The second-order valence-corrected chi connectivity index (χ2v) is 8.01. The van der Waals surface area contributed by atoms with Crippen molar-refractivity contribution in [2.45, 2.75) is 37.6 Å². The van der Waals surface area contributed by atoms with Crippen molar-refractivity contribution in [2.75, 3.05) is 7.11 Å². The van der Waals surface area contributed by atoms with Crippen LogP contribution in [-0.2, 0) is 4.74 Å². The minimum atomic E-state index is -4.79. The maximum absolute atomic E-state index is 14.5. The van der Waals surface area contributed by atoms with Gasteiger partial charge in [0.2, 0.25) is 5.82 Å². The number of alkyl halides is 3. The number of benzene rings is 1. The Morgan fingerprint density at radius 3 is 2.58 bits per heavy atom. The van der Waals surface area contributed by atoms with Crippen LogP contribution in [0.3, 0.4) is 0 Å². The first-order valence-corrected chi connectivity index (χ1v) is 9.80. The molecule has 33 heavy (non-hydrogen) atoms. The molecule has 3 heterocycles. The molecule has 0 bridgehead atoms. The number of methoxy groups -OCH3 is 1. The highest BCUT2D eigenvalue weighted by molar-refractivity contribution is 6.03. The van der Waals surface area contributed by atoms with Crippen LogP contribution < -0.4 is 10.5 Å². The first kappa shape index (κ1) is 22.9. The molecule has 2 aromatic heterocycles. The molecule has 0 saturated carbocycles. The summed E-state index contributed by atoms with van der Waals surface area (Å²) in [5.74, 6) is -6.36. The lowest BCUT2D eigenvalue weighted by molar-refractivity contribution is -0.275. The summed E-state index contributed by atoms with van der Waals surface area (Å²) in [7, 11) is 1.09. The summed E-state index contributed by atoms with van der Waals surface area (Å²) in [6.45, 7) is 2.19. The number of hydrogen-bond acceptors (Lipinski definition) is 5. The van der Waals surface area contributed by atoms with E-state index in [0.29, 0.717) is 0 Å². The number of halogens is 5. The molecule has 0 unspecified atom stereocenters. The number of pyridine rings is 1. The SMILES string of the molecule is COc1c([C@H]2[C@H](c3nc4c(C(N)=O)cncc4[nH]3)O[C@@](C)(C(F)(F)F)[C@H]2C)ccc(F)c1F. The molecule has 0 spiro atoms. The first-order chi connectivity index (χ1) is 15.4. The number of aromatic amines is 1. The van der Waals surface area contributed by atoms with E-state index < -0.39 is 53.0 Å². The van der Waals surface area contributed by atoms with Gasteiger partial charge in [0, 0.05) is 23.6 Å². The van der Waals surface area contributed by atoms with Crippen LogP contribution in [0.4, 0.5) is 22.0 Å². The predicted octanol–water partition coefficient (Wildman–Crippen LogP) is 4.16. The van der Waals surface area contributed by atoms with E-state index in [1.807, 2.05) is 0 Å². The number of nitrogens with two attached hydrogens (primary N) is 1. The Kier molecular flexibility index (Phi) is 5.31. The summed E-state index contributed by atoms with van der Waals surface area (Å²) in [4.78, 5) is 22.7. The Morgan fingerprint density at radius 1 is 1.27 bits per heavy atom. The fourth-order valence-corrected chi connectivity index (χ4v) is 4.32. The van der Waals surface area contributed by atoms with Crippen LogP contribution in [0.1, 0.15) is 47.6 Å². The summed E-state index contributed by atoms with van der Waals surface area (Å²) >= 11 is 0. The highest BCUT2D eigenvalue weighted by Crippen LogP contribution is 2.59. The minimum Gasteiger partial charge on any atom is -0.493 e. The van der Waals surface area contributed by atoms with Crippen molar-refractivity contribution in [3.05, 3.63) is 53.1 Å². The third-order valence-corrected chi connectivity index (χ3v) is 6.26. The van der Waals surface area contributed by atoms with E-state index in [1.54, 1.807) is 0 Å². The van der Waals surface area contributed by atoms with E-state index >= 15 is 0 Å². The molecule has 3 N–H and O–H groups in total. The van der Waals surface area contributed by atoms with Crippen molar-refractivity contribution >= 4 is 16.9 Å². The summed E-state index contributed by atoms with van der Waals surface area (Å²) in [5, 5.41) is 0. The topological polar surface area (TPSA) is 103 Å². The van der Waals surface area contributed by atoms with Gasteiger partial charge in [0.1, 0.15) is 17.4 Å². The number of ether oxygens (including phenoxy) is 2. The van der Waals surface area contributed by atoms with Gasteiger partial charge < -0.3 is 20.2 Å². The van der Waals surface area contributed by atoms with E-state index in [4.69, 9.17) is 15.2 Å². The number of imidazole rings is 1. The predicted molar refractivity (Wildman–Crippen MR) is 106 cm³/mol. The normalized spacial score (nSPS) is 25.5. The van der Waals surface area contributed by atoms with Crippen molar-refractivity contribution in [3.63, 3.8) is 0 Å². The summed E-state index contributed by atoms with van der Waals surface area (Å²) in [6, 6.07) is 1.98. The van der Waals surface area contributed by atoms with E-state index in [1.165, 1.54) is 19.3 Å². The lowest BCUT2D eigenvalue weighted by Crippen LogP contribution is -2.46. The van der Waals surface area contributed by atoms with Gasteiger partial charge in [0.05, 0.1) is 24.4 Å². The number of fused-ring (bicyclic) bond motifs is 1. The lowest BCUT2D eigenvalue weighted by Gasteiger charge is -2.32. The van der Waals surface area contributed by atoms with Crippen LogP contribution >= 0.6 is 0 Å². The van der Waals surface area contributed by atoms with E-state index in [-0.39, 0.29) is 28.0 Å². The summed E-state index contributed by atoms with van der Waals surface area (Å²) < 4.78 is 81.1.